The zero-order valence-corrected chi connectivity index (χ0v) is 17.7. The Hall–Kier alpha value is -2.51. The summed E-state index contributed by atoms with van der Waals surface area (Å²) in [5, 5.41) is 16.3. The molecule has 1 atom stereocenters. The van der Waals surface area contributed by atoms with Crippen LogP contribution in [0.3, 0.4) is 0 Å². The van der Waals surface area contributed by atoms with Gasteiger partial charge in [-0.05, 0) is 42.7 Å². The standard InChI is InChI=1S/C21H24BrN5O/c1-13(2)19(12-28)26-21-25-18(17-8-4-5-10-23-17)11-20(27-21)24-16-9-6-7-15(22)14(16)3/h4-11,13,19,28H,12H2,1-3H3,(H2,24,25,26,27)/t19-/m0/s1. The second-order valence-corrected chi connectivity index (χ2v) is 7.75. The van der Waals surface area contributed by atoms with Crippen LogP contribution in [0.1, 0.15) is 19.4 Å². The number of halogens is 1. The van der Waals surface area contributed by atoms with Crippen molar-refractivity contribution in [2.75, 3.05) is 17.2 Å². The van der Waals surface area contributed by atoms with Crippen LogP contribution in [-0.2, 0) is 0 Å². The van der Waals surface area contributed by atoms with Crippen molar-refractivity contribution in [3.05, 3.63) is 58.7 Å². The quantitative estimate of drug-likeness (QED) is 0.489. The summed E-state index contributed by atoms with van der Waals surface area (Å²) < 4.78 is 1.02. The van der Waals surface area contributed by atoms with Gasteiger partial charge in [0, 0.05) is 22.4 Å². The van der Waals surface area contributed by atoms with Crippen molar-refractivity contribution in [2.24, 2.45) is 5.92 Å². The van der Waals surface area contributed by atoms with Gasteiger partial charge in [0.05, 0.1) is 24.0 Å². The summed E-state index contributed by atoms with van der Waals surface area (Å²) in [4.78, 5) is 13.6. The number of hydrogen-bond acceptors (Lipinski definition) is 6. The van der Waals surface area contributed by atoms with E-state index >= 15 is 0 Å². The SMILES string of the molecule is Cc1c(Br)cccc1Nc1cc(-c2ccccn2)nc(N[C@@H](CO)C(C)C)n1. The number of aliphatic hydroxyl groups excluding tert-OH is 1. The maximum absolute atomic E-state index is 9.66. The van der Waals surface area contributed by atoms with Gasteiger partial charge in [0.15, 0.2) is 0 Å². The monoisotopic (exact) mass is 441 g/mol. The van der Waals surface area contributed by atoms with Gasteiger partial charge in [-0.1, -0.05) is 41.9 Å². The number of aromatic nitrogens is 3. The summed E-state index contributed by atoms with van der Waals surface area (Å²) in [6.07, 6.45) is 1.74. The lowest BCUT2D eigenvalue weighted by molar-refractivity contribution is 0.248. The largest absolute Gasteiger partial charge is 0.394 e. The third-order valence-electron chi connectivity index (χ3n) is 4.50. The third kappa shape index (κ3) is 4.85. The van der Waals surface area contributed by atoms with Gasteiger partial charge < -0.3 is 15.7 Å². The van der Waals surface area contributed by atoms with E-state index < -0.39 is 0 Å². The number of hydrogen-bond donors (Lipinski definition) is 3. The highest BCUT2D eigenvalue weighted by Gasteiger charge is 2.15. The van der Waals surface area contributed by atoms with E-state index in [2.05, 4.69) is 41.5 Å². The van der Waals surface area contributed by atoms with Crippen molar-refractivity contribution in [3.63, 3.8) is 0 Å². The summed E-state index contributed by atoms with van der Waals surface area (Å²) in [5.41, 5.74) is 3.50. The fourth-order valence-corrected chi connectivity index (χ4v) is 3.06. The first-order chi connectivity index (χ1) is 13.5. The molecule has 146 valence electrons. The molecule has 3 aromatic rings. The molecule has 2 aromatic heterocycles. The predicted molar refractivity (Wildman–Crippen MR) is 117 cm³/mol. The van der Waals surface area contributed by atoms with Crippen molar-refractivity contribution in [2.45, 2.75) is 26.8 Å². The van der Waals surface area contributed by atoms with Gasteiger partial charge in [0.1, 0.15) is 5.82 Å². The van der Waals surface area contributed by atoms with Crippen LogP contribution in [0.2, 0.25) is 0 Å². The summed E-state index contributed by atoms with van der Waals surface area (Å²) in [5.74, 6) is 1.33. The molecule has 0 fully saturated rings. The molecule has 0 radical (unpaired) electrons. The minimum absolute atomic E-state index is 0.00232. The molecule has 0 unspecified atom stereocenters. The van der Waals surface area contributed by atoms with Gasteiger partial charge in [-0.3, -0.25) is 4.98 Å². The highest BCUT2D eigenvalue weighted by Crippen LogP contribution is 2.28. The maximum atomic E-state index is 9.66. The first-order valence-electron chi connectivity index (χ1n) is 9.18. The first-order valence-corrected chi connectivity index (χ1v) is 9.97. The van der Waals surface area contributed by atoms with Crippen LogP contribution in [0, 0.1) is 12.8 Å². The highest BCUT2D eigenvalue weighted by atomic mass is 79.9. The zero-order valence-electron chi connectivity index (χ0n) is 16.1. The Morgan fingerprint density at radius 2 is 1.89 bits per heavy atom. The van der Waals surface area contributed by atoms with Crippen LogP contribution in [0.5, 0.6) is 0 Å². The molecule has 1 aromatic carbocycles. The van der Waals surface area contributed by atoms with E-state index in [1.165, 1.54) is 0 Å². The maximum Gasteiger partial charge on any atom is 0.225 e. The van der Waals surface area contributed by atoms with Crippen LogP contribution >= 0.6 is 15.9 Å². The Morgan fingerprint density at radius 3 is 2.57 bits per heavy atom. The summed E-state index contributed by atoms with van der Waals surface area (Å²) in [6.45, 7) is 6.12. The van der Waals surface area contributed by atoms with Crippen LogP contribution < -0.4 is 10.6 Å². The van der Waals surface area contributed by atoms with Crippen molar-refractivity contribution in [1.29, 1.82) is 0 Å². The number of rotatable bonds is 7. The van der Waals surface area contributed by atoms with E-state index in [0.717, 1.165) is 21.4 Å². The van der Waals surface area contributed by atoms with E-state index in [1.54, 1.807) is 6.20 Å². The molecule has 0 amide bonds. The molecule has 0 aliphatic carbocycles. The number of pyridine rings is 1. The van der Waals surface area contributed by atoms with E-state index in [0.29, 0.717) is 17.5 Å². The van der Waals surface area contributed by atoms with E-state index in [9.17, 15) is 5.11 Å². The number of aliphatic hydroxyl groups is 1. The second kappa shape index (κ2) is 9.12. The zero-order chi connectivity index (χ0) is 20.1. The van der Waals surface area contributed by atoms with Gasteiger partial charge in [0.25, 0.3) is 0 Å². The fourth-order valence-electron chi connectivity index (χ4n) is 2.69. The summed E-state index contributed by atoms with van der Waals surface area (Å²) >= 11 is 3.56. The van der Waals surface area contributed by atoms with Crippen molar-refractivity contribution < 1.29 is 5.11 Å². The minimum atomic E-state index is -0.139. The average molecular weight is 442 g/mol. The third-order valence-corrected chi connectivity index (χ3v) is 5.36. The van der Waals surface area contributed by atoms with Gasteiger partial charge in [-0.2, -0.15) is 4.98 Å². The Morgan fingerprint density at radius 1 is 1.07 bits per heavy atom. The smallest absolute Gasteiger partial charge is 0.225 e. The molecule has 0 saturated carbocycles. The molecule has 0 aliphatic heterocycles. The van der Waals surface area contributed by atoms with E-state index in [4.69, 9.17) is 0 Å². The van der Waals surface area contributed by atoms with Crippen LogP contribution in [0.4, 0.5) is 17.5 Å². The van der Waals surface area contributed by atoms with Crippen molar-refractivity contribution in [1.82, 2.24) is 15.0 Å². The molecule has 3 rings (SSSR count). The molecule has 7 heteroatoms. The highest BCUT2D eigenvalue weighted by molar-refractivity contribution is 9.10. The summed E-state index contributed by atoms with van der Waals surface area (Å²) in [6, 6.07) is 13.4. The van der Waals surface area contributed by atoms with Gasteiger partial charge >= 0.3 is 0 Å². The lowest BCUT2D eigenvalue weighted by Gasteiger charge is -2.21. The summed E-state index contributed by atoms with van der Waals surface area (Å²) in [7, 11) is 0. The molecule has 0 saturated heterocycles. The topological polar surface area (TPSA) is 83.0 Å². The Kier molecular flexibility index (Phi) is 6.59. The van der Waals surface area contributed by atoms with Gasteiger partial charge in [-0.25, -0.2) is 4.98 Å². The lowest BCUT2D eigenvalue weighted by atomic mass is 10.1. The number of benzene rings is 1. The van der Waals surface area contributed by atoms with Gasteiger partial charge in [0.2, 0.25) is 5.95 Å². The molecule has 2 heterocycles. The van der Waals surface area contributed by atoms with E-state index in [1.807, 2.05) is 63.2 Å². The predicted octanol–water partition coefficient (Wildman–Crippen LogP) is 4.78. The molecule has 28 heavy (non-hydrogen) atoms. The van der Waals surface area contributed by atoms with Crippen LogP contribution in [0.15, 0.2) is 53.1 Å². The lowest BCUT2D eigenvalue weighted by Crippen LogP contribution is -2.30. The second-order valence-electron chi connectivity index (χ2n) is 6.89. The number of nitrogens with zero attached hydrogens (tertiary/aromatic N) is 3. The molecule has 0 bridgehead atoms. The Bertz CT molecular complexity index is 933. The molecular formula is C21H24BrN5O. The molecule has 0 aliphatic rings. The van der Waals surface area contributed by atoms with Crippen LogP contribution in [-0.4, -0.2) is 32.7 Å². The molecule has 6 nitrogen and oxygen atoms in total. The molecule has 0 spiro atoms. The normalized spacial score (nSPS) is 12.1. The minimum Gasteiger partial charge on any atom is -0.394 e. The van der Waals surface area contributed by atoms with Crippen molar-refractivity contribution in [3.8, 4) is 11.4 Å². The van der Waals surface area contributed by atoms with Crippen molar-refractivity contribution >= 4 is 33.4 Å². The van der Waals surface area contributed by atoms with Gasteiger partial charge in [-0.15, -0.1) is 0 Å². The van der Waals surface area contributed by atoms with E-state index in [-0.39, 0.29) is 18.6 Å². The number of nitrogens with one attached hydrogen (secondary N) is 2. The molecular weight excluding hydrogens is 418 g/mol. The fraction of sp³-hybridized carbons (Fsp3) is 0.286. The average Bonchev–Trinajstić information content (AvgIpc) is 2.70. The Labute approximate surface area is 173 Å². The Balaban J connectivity index is 2.00. The first kappa shape index (κ1) is 20.2. The molecule has 3 N–H and O–H groups in total. The number of anilines is 3. The van der Waals surface area contributed by atoms with Crippen LogP contribution in [0.25, 0.3) is 11.4 Å².